The van der Waals surface area contributed by atoms with Crippen molar-refractivity contribution in [3.05, 3.63) is 75.0 Å². The van der Waals surface area contributed by atoms with Gasteiger partial charge in [-0.1, -0.05) is 61.3 Å². The van der Waals surface area contributed by atoms with Crippen LogP contribution in [0.25, 0.3) is 0 Å². The number of hydrogen-bond donors (Lipinski definition) is 2. The molecule has 1 fully saturated rings. The highest BCUT2D eigenvalue weighted by Crippen LogP contribution is 2.47. The number of amides is 2. The lowest BCUT2D eigenvalue weighted by Crippen LogP contribution is -2.49. The van der Waals surface area contributed by atoms with Gasteiger partial charge in [0.25, 0.3) is 11.8 Å². The second-order valence-corrected chi connectivity index (χ2v) is 12.2. The molecule has 2 amide bonds. The lowest BCUT2D eigenvalue weighted by molar-refractivity contribution is -0.130. The molecule has 1 spiro atoms. The molecule has 1 aliphatic carbocycles. The first kappa shape index (κ1) is 27.3. The monoisotopic (exact) mass is 567 g/mol. The molecule has 0 radical (unpaired) electrons. The highest BCUT2D eigenvalue weighted by molar-refractivity contribution is 6.47. The third-order valence-corrected chi connectivity index (χ3v) is 8.21. The molecular formula is C28H31Cl2N7O2. The summed E-state index contributed by atoms with van der Waals surface area (Å²) in [5.41, 5.74) is 2.01. The van der Waals surface area contributed by atoms with Gasteiger partial charge in [-0.05, 0) is 72.9 Å². The van der Waals surface area contributed by atoms with Crippen LogP contribution < -0.4 is 5.32 Å². The SMILES string of the molecule is CC(C)(C)C1CCC2(CC1)N=C(c1cc(Cl)cc(Cl)c1)C(=O)N2Cc1ccc(C(=O)NCc2nn[nH]n2)cc1. The van der Waals surface area contributed by atoms with Crippen molar-refractivity contribution in [2.75, 3.05) is 0 Å². The first-order chi connectivity index (χ1) is 18.5. The van der Waals surface area contributed by atoms with Gasteiger partial charge in [-0.3, -0.25) is 14.6 Å². The molecule has 0 unspecified atom stereocenters. The number of carbonyl (C=O) groups excluding carboxylic acids is 2. The van der Waals surface area contributed by atoms with Gasteiger partial charge in [-0.2, -0.15) is 5.21 Å². The van der Waals surface area contributed by atoms with Gasteiger partial charge in [0, 0.05) is 27.7 Å². The predicted molar refractivity (Wildman–Crippen MR) is 149 cm³/mol. The summed E-state index contributed by atoms with van der Waals surface area (Å²) in [5, 5.41) is 17.2. The zero-order chi connectivity index (χ0) is 27.8. The number of H-pyrrole nitrogens is 1. The highest BCUT2D eigenvalue weighted by atomic mass is 35.5. The number of nitrogens with one attached hydrogen (secondary N) is 2. The van der Waals surface area contributed by atoms with E-state index >= 15 is 0 Å². The van der Waals surface area contributed by atoms with E-state index < -0.39 is 5.66 Å². The molecule has 0 atom stereocenters. The van der Waals surface area contributed by atoms with Crippen LogP contribution in [-0.2, 0) is 17.9 Å². The van der Waals surface area contributed by atoms with E-state index in [2.05, 4.69) is 46.7 Å². The highest BCUT2D eigenvalue weighted by Gasteiger charge is 2.50. The van der Waals surface area contributed by atoms with E-state index in [1.165, 1.54) is 0 Å². The van der Waals surface area contributed by atoms with Gasteiger partial charge in [0.15, 0.2) is 5.82 Å². The summed E-state index contributed by atoms with van der Waals surface area (Å²) < 4.78 is 0. The second-order valence-electron chi connectivity index (χ2n) is 11.3. The fraction of sp³-hybridized carbons (Fsp3) is 0.429. The van der Waals surface area contributed by atoms with Crippen LogP contribution in [0.15, 0.2) is 47.5 Å². The maximum absolute atomic E-state index is 13.9. The Balaban J connectivity index is 1.37. The minimum atomic E-state index is -0.621. The van der Waals surface area contributed by atoms with E-state index in [9.17, 15) is 9.59 Å². The molecule has 11 heteroatoms. The Kier molecular flexibility index (Phi) is 7.48. The molecule has 2 aromatic carbocycles. The first-order valence-electron chi connectivity index (χ1n) is 13.0. The lowest BCUT2D eigenvalue weighted by atomic mass is 9.69. The summed E-state index contributed by atoms with van der Waals surface area (Å²) in [6.07, 6.45) is 3.55. The van der Waals surface area contributed by atoms with Crippen molar-refractivity contribution in [3.63, 3.8) is 0 Å². The van der Waals surface area contributed by atoms with E-state index in [1.807, 2.05) is 17.0 Å². The summed E-state index contributed by atoms with van der Waals surface area (Å²) >= 11 is 12.5. The van der Waals surface area contributed by atoms with Gasteiger partial charge in [-0.25, -0.2) is 0 Å². The van der Waals surface area contributed by atoms with Crippen molar-refractivity contribution in [2.24, 2.45) is 16.3 Å². The van der Waals surface area contributed by atoms with Crippen LogP contribution in [0.1, 0.15) is 73.8 Å². The molecule has 2 N–H and O–H groups in total. The quantitative estimate of drug-likeness (QED) is 0.424. The Morgan fingerprint density at radius 2 is 1.77 bits per heavy atom. The topological polar surface area (TPSA) is 116 Å². The molecule has 9 nitrogen and oxygen atoms in total. The predicted octanol–water partition coefficient (Wildman–Crippen LogP) is 5.20. The zero-order valence-corrected chi connectivity index (χ0v) is 23.7. The van der Waals surface area contributed by atoms with E-state index in [1.54, 1.807) is 30.3 Å². The Bertz CT molecular complexity index is 1370. The molecule has 39 heavy (non-hydrogen) atoms. The minimum absolute atomic E-state index is 0.135. The number of aromatic nitrogens is 4. The fourth-order valence-electron chi connectivity index (χ4n) is 5.52. The molecule has 5 rings (SSSR count). The molecule has 0 saturated heterocycles. The summed E-state index contributed by atoms with van der Waals surface area (Å²) in [4.78, 5) is 33.4. The van der Waals surface area contributed by atoms with Crippen LogP contribution in [0.4, 0.5) is 0 Å². The number of halogens is 2. The molecule has 0 bridgehead atoms. The maximum atomic E-state index is 13.9. The number of aliphatic imine (C=N–C) groups is 1. The standard InChI is InChI=1S/C28H31Cl2N7O2/c1-27(2,3)20-8-10-28(11-9-20)32-24(19-12-21(29)14-22(30)13-19)26(39)37(28)16-17-4-6-18(7-5-17)25(38)31-15-23-33-35-36-34-23/h4-7,12-14,20H,8-11,15-16H2,1-3H3,(H,31,38)(H,33,34,35,36). The van der Waals surface area contributed by atoms with Crippen LogP contribution in [0.2, 0.25) is 10.0 Å². The zero-order valence-electron chi connectivity index (χ0n) is 22.2. The van der Waals surface area contributed by atoms with Crippen LogP contribution in [0.3, 0.4) is 0 Å². The Hall–Kier alpha value is -3.30. The average molecular weight is 569 g/mol. The van der Waals surface area contributed by atoms with Crippen molar-refractivity contribution in [1.29, 1.82) is 0 Å². The molecule has 2 aliphatic rings. The smallest absolute Gasteiger partial charge is 0.274 e. The van der Waals surface area contributed by atoms with Crippen LogP contribution >= 0.6 is 23.2 Å². The third-order valence-electron chi connectivity index (χ3n) is 7.77. The summed E-state index contributed by atoms with van der Waals surface area (Å²) in [5.74, 6) is 0.578. The number of benzene rings is 2. The number of rotatable bonds is 6. The number of carbonyl (C=O) groups is 2. The van der Waals surface area contributed by atoms with Crippen LogP contribution in [0, 0.1) is 11.3 Å². The molecular weight excluding hydrogens is 537 g/mol. The lowest BCUT2D eigenvalue weighted by Gasteiger charge is -2.44. The molecule has 1 aromatic heterocycles. The number of hydrogen-bond acceptors (Lipinski definition) is 6. The maximum Gasteiger partial charge on any atom is 0.274 e. The first-order valence-corrected chi connectivity index (χ1v) is 13.8. The molecule has 2 heterocycles. The van der Waals surface area contributed by atoms with Gasteiger partial charge < -0.3 is 10.2 Å². The van der Waals surface area contributed by atoms with Crippen molar-refractivity contribution in [1.82, 2.24) is 30.8 Å². The number of aromatic amines is 1. The Labute approximate surface area is 237 Å². The van der Waals surface area contributed by atoms with Crippen molar-refractivity contribution in [3.8, 4) is 0 Å². The van der Waals surface area contributed by atoms with Crippen molar-refractivity contribution < 1.29 is 9.59 Å². The summed E-state index contributed by atoms with van der Waals surface area (Å²) in [7, 11) is 0. The van der Waals surface area contributed by atoms with E-state index in [0.29, 0.717) is 45.2 Å². The number of nitrogens with zero attached hydrogens (tertiary/aromatic N) is 5. The van der Waals surface area contributed by atoms with Crippen LogP contribution in [0.5, 0.6) is 0 Å². The third kappa shape index (κ3) is 5.84. The van der Waals surface area contributed by atoms with Crippen LogP contribution in [-0.4, -0.2) is 48.7 Å². The van der Waals surface area contributed by atoms with Gasteiger partial charge in [0.05, 0.1) is 6.54 Å². The molecule has 3 aromatic rings. The summed E-state index contributed by atoms with van der Waals surface area (Å²) in [6.45, 7) is 7.37. The Morgan fingerprint density at radius 1 is 1.10 bits per heavy atom. The van der Waals surface area contributed by atoms with Gasteiger partial charge in [-0.15, -0.1) is 10.2 Å². The summed E-state index contributed by atoms with van der Waals surface area (Å²) in [6, 6.07) is 12.4. The van der Waals surface area contributed by atoms with Gasteiger partial charge in [0.2, 0.25) is 0 Å². The molecule has 1 saturated carbocycles. The molecule has 1 aliphatic heterocycles. The minimum Gasteiger partial charge on any atom is -0.345 e. The fourth-order valence-corrected chi connectivity index (χ4v) is 6.05. The number of tetrazole rings is 1. The average Bonchev–Trinajstić information content (AvgIpc) is 3.50. The Morgan fingerprint density at radius 3 is 2.36 bits per heavy atom. The van der Waals surface area contributed by atoms with Gasteiger partial charge >= 0.3 is 0 Å². The van der Waals surface area contributed by atoms with E-state index in [4.69, 9.17) is 28.2 Å². The largest absolute Gasteiger partial charge is 0.345 e. The second kappa shape index (κ2) is 10.7. The van der Waals surface area contributed by atoms with E-state index in [0.717, 1.165) is 31.2 Å². The van der Waals surface area contributed by atoms with E-state index in [-0.39, 0.29) is 23.8 Å². The molecule has 204 valence electrons. The van der Waals surface area contributed by atoms with Gasteiger partial charge in [0.1, 0.15) is 11.4 Å². The van der Waals surface area contributed by atoms with Crippen molar-refractivity contribution in [2.45, 2.75) is 65.2 Å². The normalized spacial score (nSPS) is 21.4. The van der Waals surface area contributed by atoms with Crippen molar-refractivity contribution >= 4 is 40.7 Å².